The normalized spacial score (nSPS) is 12.8. The molecule has 0 aliphatic rings. The fraction of sp³-hybridized carbons (Fsp3) is 0.357. The molecule has 11 nitrogen and oxygen atoms in total. The summed E-state index contributed by atoms with van der Waals surface area (Å²) in [6, 6.07) is 14.9. The van der Waals surface area contributed by atoms with Gasteiger partial charge in [-0.2, -0.15) is 0 Å². The summed E-state index contributed by atoms with van der Waals surface area (Å²) in [4.78, 5) is 44.6. The van der Waals surface area contributed by atoms with E-state index in [-0.39, 0.29) is 24.9 Å². The van der Waals surface area contributed by atoms with Crippen LogP contribution >= 0.6 is 0 Å². The minimum absolute atomic E-state index is 0.0865. The van der Waals surface area contributed by atoms with Crippen LogP contribution in [0.3, 0.4) is 0 Å². The Morgan fingerprint density at radius 1 is 1.08 bits per heavy atom. The highest BCUT2D eigenvalue weighted by atomic mass is 16.5. The zero-order chi connectivity index (χ0) is 28.6. The minimum atomic E-state index is -1.20. The number of methoxy groups -OCH3 is 1. The summed E-state index contributed by atoms with van der Waals surface area (Å²) in [6.45, 7) is 3.27. The molecule has 39 heavy (non-hydrogen) atoms. The van der Waals surface area contributed by atoms with Gasteiger partial charge in [0, 0.05) is 20.3 Å². The van der Waals surface area contributed by atoms with Crippen LogP contribution in [-0.2, 0) is 25.7 Å². The Bertz CT molecular complexity index is 1250. The van der Waals surface area contributed by atoms with E-state index < -0.39 is 29.4 Å². The van der Waals surface area contributed by atoms with E-state index in [1.807, 2.05) is 30.3 Å². The first-order valence-electron chi connectivity index (χ1n) is 12.4. The summed E-state index contributed by atoms with van der Waals surface area (Å²) in [7, 11) is 4.90. The SMILES string of the molecule is COc1ccc(C(C(=O)N(C)C)n2cnc(NC(=O)C(COCc3ccccc3)NC(=O)C(C)(C)N)c2)cc1. The first-order valence-corrected chi connectivity index (χ1v) is 12.4. The van der Waals surface area contributed by atoms with Gasteiger partial charge in [-0.05, 0) is 37.1 Å². The number of benzene rings is 2. The summed E-state index contributed by atoms with van der Waals surface area (Å²) in [5.74, 6) is -0.352. The van der Waals surface area contributed by atoms with Crippen molar-refractivity contribution >= 4 is 23.5 Å². The lowest BCUT2D eigenvalue weighted by atomic mass is 10.1. The van der Waals surface area contributed by atoms with Crippen molar-refractivity contribution in [2.75, 3.05) is 33.1 Å². The van der Waals surface area contributed by atoms with Gasteiger partial charge in [0.15, 0.2) is 5.82 Å². The van der Waals surface area contributed by atoms with Crippen LogP contribution in [0.5, 0.6) is 5.75 Å². The average Bonchev–Trinajstić information content (AvgIpc) is 3.36. The molecule has 0 aliphatic carbocycles. The van der Waals surface area contributed by atoms with E-state index >= 15 is 0 Å². The summed E-state index contributed by atoms with van der Waals surface area (Å²) in [5.41, 5.74) is 6.37. The molecule has 208 valence electrons. The smallest absolute Gasteiger partial charge is 0.250 e. The molecule has 2 unspecified atom stereocenters. The highest BCUT2D eigenvalue weighted by Crippen LogP contribution is 2.24. The molecular formula is C28H36N6O5. The van der Waals surface area contributed by atoms with Crippen molar-refractivity contribution in [3.05, 3.63) is 78.2 Å². The number of nitrogens with two attached hydrogens (primary N) is 1. The number of ether oxygens (including phenoxy) is 2. The highest BCUT2D eigenvalue weighted by molar-refractivity contribution is 5.98. The molecule has 3 aromatic rings. The molecule has 0 aliphatic heterocycles. The number of carbonyl (C=O) groups is 3. The molecule has 0 saturated carbocycles. The zero-order valence-corrected chi connectivity index (χ0v) is 22.9. The van der Waals surface area contributed by atoms with Gasteiger partial charge in [-0.25, -0.2) is 4.98 Å². The lowest BCUT2D eigenvalue weighted by Gasteiger charge is -2.23. The predicted octanol–water partition coefficient (Wildman–Crippen LogP) is 1.95. The van der Waals surface area contributed by atoms with Crippen molar-refractivity contribution in [3.63, 3.8) is 0 Å². The Hall–Kier alpha value is -4.22. The summed E-state index contributed by atoms with van der Waals surface area (Å²) < 4.78 is 12.6. The van der Waals surface area contributed by atoms with Crippen molar-refractivity contribution in [2.45, 2.75) is 38.1 Å². The molecule has 0 radical (unpaired) electrons. The third kappa shape index (κ3) is 8.13. The molecule has 0 saturated heterocycles. The molecule has 2 atom stereocenters. The van der Waals surface area contributed by atoms with Crippen LogP contribution in [0.2, 0.25) is 0 Å². The zero-order valence-electron chi connectivity index (χ0n) is 22.9. The highest BCUT2D eigenvalue weighted by Gasteiger charge is 2.29. The molecule has 1 heterocycles. The van der Waals surface area contributed by atoms with Crippen molar-refractivity contribution < 1.29 is 23.9 Å². The number of hydrogen-bond donors (Lipinski definition) is 3. The van der Waals surface area contributed by atoms with Crippen LogP contribution in [0, 0.1) is 0 Å². The van der Waals surface area contributed by atoms with E-state index in [9.17, 15) is 14.4 Å². The molecule has 2 aromatic carbocycles. The van der Waals surface area contributed by atoms with E-state index in [0.29, 0.717) is 5.75 Å². The molecule has 0 bridgehead atoms. The Kier molecular flexibility index (Phi) is 9.80. The second-order valence-electron chi connectivity index (χ2n) is 9.85. The molecular weight excluding hydrogens is 500 g/mol. The molecule has 4 N–H and O–H groups in total. The van der Waals surface area contributed by atoms with Gasteiger partial charge in [-0.1, -0.05) is 42.5 Å². The lowest BCUT2D eigenvalue weighted by molar-refractivity contribution is -0.131. The van der Waals surface area contributed by atoms with Gasteiger partial charge in [-0.3, -0.25) is 14.4 Å². The third-order valence-electron chi connectivity index (χ3n) is 5.86. The van der Waals surface area contributed by atoms with Gasteiger partial charge in [0.2, 0.25) is 11.8 Å². The molecule has 3 amide bonds. The van der Waals surface area contributed by atoms with E-state index in [1.54, 1.807) is 70.1 Å². The van der Waals surface area contributed by atoms with Gasteiger partial charge >= 0.3 is 0 Å². The number of aromatic nitrogens is 2. The maximum Gasteiger partial charge on any atom is 0.250 e. The first kappa shape index (κ1) is 29.3. The minimum Gasteiger partial charge on any atom is -0.497 e. The van der Waals surface area contributed by atoms with Crippen molar-refractivity contribution in [3.8, 4) is 5.75 Å². The largest absolute Gasteiger partial charge is 0.497 e. The predicted molar refractivity (Wildman–Crippen MR) is 147 cm³/mol. The molecule has 11 heteroatoms. The molecule has 0 spiro atoms. The Labute approximate surface area is 228 Å². The van der Waals surface area contributed by atoms with Crippen molar-refractivity contribution in [2.24, 2.45) is 5.73 Å². The fourth-order valence-corrected chi connectivity index (χ4v) is 3.62. The molecule has 3 rings (SSSR count). The van der Waals surface area contributed by atoms with Gasteiger partial charge in [0.1, 0.15) is 17.8 Å². The standard InChI is InChI=1S/C28H36N6O5/c1-28(2,29)27(37)31-22(17-39-16-19-9-7-6-8-10-19)25(35)32-23-15-34(18-30-23)24(26(36)33(3)4)20-11-13-21(38-5)14-12-20/h6-15,18,22,24H,16-17,29H2,1-5H3,(H,31,37)(H,32,35). The van der Waals surface area contributed by atoms with Gasteiger partial charge < -0.3 is 35.3 Å². The Morgan fingerprint density at radius 3 is 2.33 bits per heavy atom. The number of nitrogens with one attached hydrogen (secondary N) is 2. The summed E-state index contributed by atoms with van der Waals surface area (Å²) in [5, 5.41) is 5.36. The average molecular weight is 537 g/mol. The van der Waals surface area contributed by atoms with Crippen LogP contribution in [0.4, 0.5) is 5.82 Å². The number of imidazole rings is 1. The second-order valence-corrected chi connectivity index (χ2v) is 9.85. The number of hydrogen-bond acceptors (Lipinski definition) is 7. The van der Waals surface area contributed by atoms with Crippen LogP contribution in [0.25, 0.3) is 0 Å². The first-order chi connectivity index (χ1) is 18.5. The Morgan fingerprint density at radius 2 is 1.74 bits per heavy atom. The number of carbonyl (C=O) groups excluding carboxylic acids is 3. The third-order valence-corrected chi connectivity index (χ3v) is 5.86. The lowest BCUT2D eigenvalue weighted by Crippen LogP contribution is -2.56. The van der Waals surface area contributed by atoms with Gasteiger partial charge in [0.05, 0.1) is 32.2 Å². The fourth-order valence-electron chi connectivity index (χ4n) is 3.62. The van der Waals surface area contributed by atoms with Crippen LogP contribution < -0.4 is 21.1 Å². The van der Waals surface area contributed by atoms with E-state index in [2.05, 4.69) is 15.6 Å². The molecule has 0 fully saturated rings. The number of rotatable bonds is 12. The van der Waals surface area contributed by atoms with Gasteiger partial charge in [0.25, 0.3) is 5.91 Å². The second kappa shape index (κ2) is 13.0. The van der Waals surface area contributed by atoms with Gasteiger partial charge in [-0.15, -0.1) is 0 Å². The number of anilines is 1. The van der Waals surface area contributed by atoms with Crippen LogP contribution in [0.15, 0.2) is 67.1 Å². The van der Waals surface area contributed by atoms with Crippen molar-refractivity contribution in [1.29, 1.82) is 0 Å². The monoisotopic (exact) mass is 536 g/mol. The topological polar surface area (TPSA) is 141 Å². The summed E-state index contributed by atoms with van der Waals surface area (Å²) in [6.07, 6.45) is 3.03. The quantitative estimate of drug-likeness (QED) is 0.321. The Balaban J connectivity index is 1.77. The van der Waals surface area contributed by atoms with Crippen LogP contribution in [-0.4, -0.2) is 71.6 Å². The van der Waals surface area contributed by atoms with Crippen molar-refractivity contribution in [1.82, 2.24) is 19.8 Å². The number of likely N-dealkylation sites (N-methyl/N-ethyl adjacent to an activating group) is 1. The molecule has 1 aromatic heterocycles. The van der Waals surface area contributed by atoms with E-state index in [4.69, 9.17) is 15.2 Å². The maximum absolute atomic E-state index is 13.2. The van der Waals surface area contributed by atoms with E-state index in [0.717, 1.165) is 11.1 Å². The summed E-state index contributed by atoms with van der Waals surface area (Å²) >= 11 is 0. The van der Waals surface area contributed by atoms with Crippen LogP contribution in [0.1, 0.15) is 31.0 Å². The van der Waals surface area contributed by atoms with E-state index in [1.165, 1.54) is 11.2 Å². The number of nitrogens with zero attached hydrogens (tertiary/aromatic N) is 3. The maximum atomic E-state index is 13.2. The number of amides is 3.